The lowest BCUT2D eigenvalue weighted by molar-refractivity contribution is -0.387. The first-order valence-electron chi connectivity index (χ1n) is 15.5. The van der Waals surface area contributed by atoms with E-state index in [2.05, 4.69) is 0 Å². The van der Waals surface area contributed by atoms with Gasteiger partial charge in [-0.1, -0.05) is 0 Å². The molecule has 2 heterocycles. The van der Waals surface area contributed by atoms with Gasteiger partial charge in [0, 0.05) is 63.3 Å². The topological polar surface area (TPSA) is 195 Å². The van der Waals surface area contributed by atoms with Crippen LogP contribution in [-0.4, -0.2) is 91.6 Å². The van der Waals surface area contributed by atoms with E-state index in [1.807, 2.05) is 41.5 Å². The van der Waals surface area contributed by atoms with Crippen molar-refractivity contribution in [2.75, 3.05) is 26.2 Å². The maximum absolute atomic E-state index is 13.6. The van der Waals surface area contributed by atoms with Gasteiger partial charge in [-0.05, 0) is 66.5 Å². The van der Waals surface area contributed by atoms with Gasteiger partial charge in [0.2, 0.25) is 11.6 Å². The number of hydrogen-bond donors (Lipinski definition) is 2. The van der Waals surface area contributed by atoms with Crippen LogP contribution in [0, 0.1) is 31.9 Å². The van der Waals surface area contributed by atoms with Crippen molar-refractivity contribution in [1.29, 1.82) is 0 Å². The zero-order chi connectivity index (χ0) is 37.1. The lowest BCUT2D eigenvalue weighted by Gasteiger charge is -2.33. The number of carbonyl (C=O) groups is 2. The Bertz CT molecular complexity index is 1450. The van der Waals surface area contributed by atoms with Crippen LogP contribution < -0.4 is 4.74 Å². The molecule has 0 saturated carbocycles. The standard InChI is InChI=1S/C16H21FN2O5.C10H19NO3.C6H4FNO3/c1-16(2,3)24-15(20)18-8-6-11(7-9-18)23-12-4-5-14(19(21)22)13(17)10-12;1-10(2,3)14-9(13)11-6-4-8(12)5-7-11;7-5-3-4(9)1-2-6(5)8(10)11/h4-5,10-11H,6-9H2,1-3H3;8,12H,4-7H2,1-3H3;1-3,9H. The second kappa shape index (κ2) is 17.6. The highest BCUT2D eigenvalue weighted by atomic mass is 19.1. The minimum absolute atomic E-state index is 0.176. The van der Waals surface area contributed by atoms with Crippen LogP contribution in [0.5, 0.6) is 11.5 Å². The number of aromatic hydroxyl groups is 1. The van der Waals surface area contributed by atoms with Gasteiger partial charge in [-0.3, -0.25) is 20.2 Å². The number of phenols is 1. The summed E-state index contributed by atoms with van der Waals surface area (Å²) < 4.78 is 42.3. The Morgan fingerprint density at radius 3 is 1.55 bits per heavy atom. The summed E-state index contributed by atoms with van der Waals surface area (Å²) in [5.41, 5.74) is -2.20. The summed E-state index contributed by atoms with van der Waals surface area (Å²) in [7, 11) is 0. The van der Waals surface area contributed by atoms with Gasteiger partial charge < -0.3 is 34.2 Å². The van der Waals surface area contributed by atoms with E-state index in [9.17, 15) is 43.7 Å². The van der Waals surface area contributed by atoms with Crippen molar-refractivity contribution >= 4 is 23.6 Å². The number of halogens is 2. The molecule has 2 aromatic carbocycles. The van der Waals surface area contributed by atoms with E-state index in [-0.39, 0.29) is 35.9 Å². The highest BCUT2D eigenvalue weighted by Gasteiger charge is 2.28. The van der Waals surface area contributed by atoms with E-state index >= 15 is 0 Å². The second-order valence-electron chi connectivity index (χ2n) is 13.2. The fourth-order valence-corrected chi connectivity index (χ4v) is 4.40. The van der Waals surface area contributed by atoms with Crippen molar-refractivity contribution in [3.8, 4) is 11.5 Å². The van der Waals surface area contributed by atoms with Crippen LogP contribution in [0.4, 0.5) is 29.7 Å². The molecule has 0 spiro atoms. The number of likely N-dealkylation sites (tertiary alicyclic amines) is 2. The molecule has 2 aromatic rings. The minimum Gasteiger partial charge on any atom is -0.508 e. The van der Waals surface area contributed by atoms with Crippen molar-refractivity contribution in [2.24, 2.45) is 0 Å². The van der Waals surface area contributed by atoms with Crippen molar-refractivity contribution in [3.05, 3.63) is 68.3 Å². The number of phenolic OH excluding ortho intramolecular Hbond substituents is 1. The van der Waals surface area contributed by atoms with Gasteiger partial charge >= 0.3 is 23.6 Å². The Hall–Kier alpha value is -4.80. The van der Waals surface area contributed by atoms with Crippen molar-refractivity contribution in [2.45, 2.75) is 90.6 Å². The number of hydrogen-bond acceptors (Lipinski definition) is 11. The summed E-state index contributed by atoms with van der Waals surface area (Å²) in [5, 5.41) is 38.5. The highest BCUT2D eigenvalue weighted by Crippen LogP contribution is 2.26. The predicted octanol–water partition coefficient (Wildman–Crippen LogP) is 6.33. The number of aliphatic hydroxyl groups excluding tert-OH is 1. The molecule has 2 aliphatic rings. The van der Waals surface area contributed by atoms with Gasteiger partial charge in [-0.15, -0.1) is 0 Å². The molecule has 15 nitrogen and oxygen atoms in total. The van der Waals surface area contributed by atoms with E-state index in [1.54, 1.807) is 9.80 Å². The number of rotatable bonds is 4. The Morgan fingerprint density at radius 2 is 1.16 bits per heavy atom. The zero-order valence-corrected chi connectivity index (χ0v) is 28.4. The summed E-state index contributed by atoms with van der Waals surface area (Å²) in [4.78, 5) is 45.8. The third-order valence-electron chi connectivity index (χ3n) is 6.76. The largest absolute Gasteiger partial charge is 0.508 e. The molecule has 0 radical (unpaired) electrons. The molecular formula is C32H44F2N4O11. The van der Waals surface area contributed by atoms with Crippen LogP contribution in [0.15, 0.2) is 36.4 Å². The third-order valence-corrected chi connectivity index (χ3v) is 6.76. The molecule has 0 aromatic heterocycles. The van der Waals surface area contributed by atoms with E-state index in [4.69, 9.17) is 19.3 Å². The lowest BCUT2D eigenvalue weighted by Crippen LogP contribution is -2.44. The van der Waals surface area contributed by atoms with Gasteiger partial charge in [0.25, 0.3) is 0 Å². The summed E-state index contributed by atoms with van der Waals surface area (Å²) in [6.45, 7) is 13.1. The first-order chi connectivity index (χ1) is 22.6. The Labute approximate surface area is 282 Å². The first kappa shape index (κ1) is 40.4. The molecule has 2 fully saturated rings. The van der Waals surface area contributed by atoms with Crippen LogP contribution in [-0.2, 0) is 9.47 Å². The van der Waals surface area contributed by atoms with Crippen LogP contribution in [0.1, 0.15) is 67.2 Å². The van der Waals surface area contributed by atoms with E-state index in [0.717, 1.165) is 24.3 Å². The summed E-state index contributed by atoms with van der Waals surface area (Å²) >= 11 is 0. The normalized spacial score (nSPS) is 15.5. The third kappa shape index (κ3) is 14.5. The molecular weight excluding hydrogens is 654 g/mol. The summed E-state index contributed by atoms with van der Waals surface area (Å²) in [6, 6.07) is 6.13. The summed E-state index contributed by atoms with van der Waals surface area (Å²) in [6.07, 6.45) is 1.40. The maximum atomic E-state index is 13.6. The molecule has 2 N–H and O–H groups in total. The second-order valence-corrected chi connectivity index (χ2v) is 13.2. The van der Waals surface area contributed by atoms with Crippen molar-refractivity contribution < 1.29 is 52.6 Å². The number of amides is 2. The molecule has 0 unspecified atom stereocenters. The fraction of sp³-hybridized carbons (Fsp3) is 0.562. The van der Waals surface area contributed by atoms with Gasteiger partial charge in [0.15, 0.2) is 0 Å². The molecule has 0 bridgehead atoms. The average Bonchev–Trinajstić information content (AvgIpc) is 2.96. The SMILES string of the molecule is CC(C)(C)OC(=O)N1CCC(O)CC1.CC(C)(C)OC(=O)N1CCC(Oc2ccc([N+](=O)[O-])c(F)c2)CC1.O=[N+]([O-])c1ccc(O)cc1F. The monoisotopic (exact) mass is 698 g/mol. The average molecular weight is 699 g/mol. The minimum atomic E-state index is -1.03. The van der Waals surface area contributed by atoms with Gasteiger partial charge in [0.1, 0.15) is 28.8 Å². The summed E-state index contributed by atoms with van der Waals surface area (Å²) in [5.74, 6) is -2.04. The molecule has 0 atom stereocenters. The quantitative estimate of drug-likeness (QED) is 0.267. The van der Waals surface area contributed by atoms with Gasteiger partial charge in [-0.25, -0.2) is 9.59 Å². The number of ether oxygens (including phenoxy) is 3. The van der Waals surface area contributed by atoms with Crippen molar-refractivity contribution in [1.82, 2.24) is 9.80 Å². The van der Waals surface area contributed by atoms with Crippen LogP contribution >= 0.6 is 0 Å². The molecule has 2 aliphatic heterocycles. The van der Waals surface area contributed by atoms with E-state index < -0.39 is 44.1 Å². The lowest BCUT2D eigenvalue weighted by atomic mass is 10.1. The van der Waals surface area contributed by atoms with Gasteiger partial charge in [-0.2, -0.15) is 8.78 Å². The van der Waals surface area contributed by atoms with Crippen LogP contribution in [0.3, 0.4) is 0 Å². The molecule has 272 valence electrons. The Kier molecular flexibility index (Phi) is 14.5. The molecule has 4 rings (SSSR count). The number of carbonyl (C=O) groups excluding carboxylic acids is 2. The number of nitro groups is 2. The number of aliphatic hydroxyl groups is 1. The van der Waals surface area contributed by atoms with Crippen LogP contribution in [0.25, 0.3) is 0 Å². The van der Waals surface area contributed by atoms with Gasteiger partial charge in [0.05, 0.1) is 16.0 Å². The smallest absolute Gasteiger partial charge is 0.410 e. The molecule has 17 heteroatoms. The molecule has 0 aliphatic carbocycles. The Morgan fingerprint density at radius 1 is 0.755 bits per heavy atom. The zero-order valence-electron chi connectivity index (χ0n) is 28.4. The number of piperidine rings is 2. The number of benzene rings is 2. The number of nitro benzene ring substituents is 2. The predicted molar refractivity (Wildman–Crippen MR) is 172 cm³/mol. The van der Waals surface area contributed by atoms with Crippen LogP contribution in [0.2, 0.25) is 0 Å². The van der Waals surface area contributed by atoms with E-state index in [1.165, 1.54) is 6.07 Å². The molecule has 2 amide bonds. The molecule has 2 saturated heterocycles. The fourth-order valence-electron chi connectivity index (χ4n) is 4.40. The number of nitrogens with zero attached hydrogens (tertiary/aromatic N) is 4. The molecule has 49 heavy (non-hydrogen) atoms. The van der Waals surface area contributed by atoms with E-state index in [0.29, 0.717) is 57.9 Å². The first-order valence-corrected chi connectivity index (χ1v) is 15.5. The maximum Gasteiger partial charge on any atom is 0.410 e. The highest BCUT2D eigenvalue weighted by molar-refractivity contribution is 5.68. The van der Waals surface area contributed by atoms with Crippen molar-refractivity contribution in [3.63, 3.8) is 0 Å². The Balaban J connectivity index is 0.000000282.